The van der Waals surface area contributed by atoms with Crippen LogP contribution in [0.4, 0.5) is 4.79 Å². The normalized spacial score (nSPS) is 18.8. The molecule has 3 N–H and O–H groups in total. The fourth-order valence-corrected chi connectivity index (χ4v) is 2.51. The number of benzene rings is 1. The SMILES string of the molecule is CC(O)(CNC(=O)NC1CCOCC1)c1ccc(Br)cc1. The fourth-order valence-electron chi connectivity index (χ4n) is 2.24. The van der Waals surface area contributed by atoms with Crippen LogP contribution in [0.5, 0.6) is 0 Å². The summed E-state index contributed by atoms with van der Waals surface area (Å²) in [5.74, 6) is 0. The summed E-state index contributed by atoms with van der Waals surface area (Å²) in [6.45, 7) is 3.21. The van der Waals surface area contributed by atoms with Gasteiger partial charge < -0.3 is 20.5 Å². The number of carbonyl (C=O) groups is 1. The highest BCUT2D eigenvalue weighted by molar-refractivity contribution is 9.10. The fraction of sp³-hybridized carbons (Fsp3) is 0.533. The summed E-state index contributed by atoms with van der Waals surface area (Å²) in [5.41, 5.74) is -0.342. The number of nitrogens with one attached hydrogen (secondary N) is 2. The van der Waals surface area contributed by atoms with Crippen molar-refractivity contribution >= 4 is 22.0 Å². The van der Waals surface area contributed by atoms with Crippen LogP contribution in [-0.4, -0.2) is 36.9 Å². The molecule has 0 saturated carbocycles. The summed E-state index contributed by atoms with van der Waals surface area (Å²) in [5, 5.41) is 16.1. The van der Waals surface area contributed by atoms with Crippen LogP contribution in [0, 0.1) is 0 Å². The molecule has 1 aliphatic rings. The minimum atomic E-state index is -1.10. The van der Waals surface area contributed by atoms with Crippen LogP contribution in [0.3, 0.4) is 0 Å². The molecule has 1 aromatic rings. The molecule has 6 heteroatoms. The van der Waals surface area contributed by atoms with E-state index in [1.165, 1.54) is 0 Å². The van der Waals surface area contributed by atoms with Gasteiger partial charge in [-0.15, -0.1) is 0 Å². The lowest BCUT2D eigenvalue weighted by atomic mass is 9.96. The van der Waals surface area contributed by atoms with Gasteiger partial charge in [0.15, 0.2) is 0 Å². The Morgan fingerprint density at radius 2 is 2.00 bits per heavy atom. The van der Waals surface area contributed by atoms with Crippen molar-refractivity contribution in [2.24, 2.45) is 0 Å². The Kier molecular flexibility index (Phi) is 5.61. The lowest BCUT2D eigenvalue weighted by Crippen LogP contribution is -2.48. The second-order valence-electron chi connectivity index (χ2n) is 5.49. The van der Waals surface area contributed by atoms with Crippen molar-refractivity contribution in [2.75, 3.05) is 19.8 Å². The number of ether oxygens (including phenoxy) is 1. The quantitative estimate of drug-likeness (QED) is 0.773. The first-order valence-electron chi connectivity index (χ1n) is 7.08. The van der Waals surface area contributed by atoms with E-state index in [-0.39, 0.29) is 18.6 Å². The van der Waals surface area contributed by atoms with Gasteiger partial charge in [0.2, 0.25) is 0 Å². The Morgan fingerprint density at radius 1 is 1.38 bits per heavy atom. The zero-order chi connectivity index (χ0) is 15.3. The molecule has 1 saturated heterocycles. The van der Waals surface area contributed by atoms with Gasteiger partial charge in [0.05, 0.1) is 6.54 Å². The Labute approximate surface area is 133 Å². The molecule has 0 spiro atoms. The van der Waals surface area contributed by atoms with E-state index in [2.05, 4.69) is 26.6 Å². The van der Waals surface area contributed by atoms with E-state index >= 15 is 0 Å². The van der Waals surface area contributed by atoms with E-state index in [9.17, 15) is 9.90 Å². The third-order valence-corrected chi connectivity index (χ3v) is 4.14. The second kappa shape index (κ2) is 7.24. The van der Waals surface area contributed by atoms with E-state index in [0.717, 1.165) is 22.9 Å². The van der Waals surface area contributed by atoms with Gasteiger partial charge >= 0.3 is 6.03 Å². The Bertz CT molecular complexity index is 470. The maximum atomic E-state index is 11.9. The maximum absolute atomic E-state index is 11.9. The molecule has 1 aromatic carbocycles. The van der Waals surface area contributed by atoms with Crippen molar-refractivity contribution in [3.8, 4) is 0 Å². The van der Waals surface area contributed by atoms with Crippen LogP contribution in [0.15, 0.2) is 28.7 Å². The van der Waals surface area contributed by atoms with Crippen molar-refractivity contribution in [3.63, 3.8) is 0 Å². The summed E-state index contributed by atoms with van der Waals surface area (Å²) in [6.07, 6.45) is 1.66. The van der Waals surface area contributed by atoms with Crippen molar-refractivity contribution in [2.45, 2.75) is 31.4 Å². The molecular weight excluding hydrogens is 336 g/mol. The standard InChI is InChI=1S/C15H21BrN2O3/c1-15(20,11-2-4-12(16)5-3-11)10-17-14(19)18-13-6-8-21-9-7-13/h2-5,13,20H,6-10H2,1H3,(H2,17,18,19). The second-order valence-corrected chi connectivity index (χ2v) is 6.41. The number of rotatable bonds is 4. The number of aliphatic hydroxyl groups is 1. The third kappa shape index (κ3) is 4.98. The van der Waals surface area contributed by atoms with Crippen LogP contribution in [0.25, 0.3) is 0 Å². The van der Waals surface area contributed by atoms with Crippen molar-refractivity contribution < 1.29 is 14.6 Å². The van der Waals surface area contributed by atoms with Crippen LogP contribution in [0.2, 0.25) is 0 Å². The van der Waals surface area contributed by atoms with Crippen LogP contribution < -0.4 is 10.6 Å². The minimum absolute atomic E-state index is 0.149. The van der Waals surface area contributed by atoms with Gasteiger partial charge in [0.25, 0.3) is 0 Å². The molecule has 1 unspecified atom stereocenters. The average molecular weight is 357 g/mol. The lowest BCUT2D eigenvalue weighted by molar-refractivity contribution is 0.0579. The molecule has 1 aliphatic heterocycles. The first-order valence-corrected chi connectivity index (χ1v) is 7.87. The molecular formula is C15H21BrN2O3. The van der Waals surface area contributed by atoms with Crippen molar-refractivity contribution in [1.29, 1.82) is 0 Å². The van der Waals surface area contributed by atoms with E-state index in [1.807, 2.05) is 24.3 Å². The zero-order valence-electron chi connectivity index (χ0n) is 12.1. The molecule has 116 valence electrons. The highest BCUT2D eigenvalue weighted by Crippen LogP contribution is 2.21. The number of amides is 2. The highest BCUT2D eigenvalue weighted by Gasteiger charge is 2.24. The molecule has 21 heavy (non-hydrogen) atoms. The van der Waals surface area contributed by atoms with Gasteiger partial charge in [-0.05, 0) is 37.5 Å². The summed E-state index contributed by atoms with van der Waals surface area (Å²) in [6, 6.07) is 7.30. The molecule has 5 nitrogen and oxygen atoms in total. The van der Waals surface area contributed by atoms with E-state index in [1.54, 1.807) is 6.92 Å². The summed E-state index contributed by atoms with van der Waals surface area (Å²) >= 11 is 3.36. The van der Waals surface area contributed by atoms with Gasteiger partial charge in [0, 0.05) is 23.7 Å². The average Bonchev–Trinajstić information content (AvgIpc) is 2.47. The van der Waals surface area contributed by atoms with E-state index in [4.69, 9.17) is 4.74 Å². The molecule has 0 aliphatic carbocycles. The number of halogens is 1. The first-order chi connectivity index (χ1) is 9.97. The summed E-state index contributed by atoms with van der Waals surface area (Å²) in [7, 11) is 0. The summed E-state index contributed by atoms with van der Waals surface area (Å²) < 4.78 is 6.20. The predicted octanol–water partition coefficient (Wildman–Crippen LogP) is 2.13. The van der Waals surface area contributed by atoms with Gasteiger partial charge in [-0.2, -0.15) is 0 Å². The van der Waals surface area contributed by atoms with E-state index < -0.39 is 5.60 Å². The summed E-state index contributed by atoms with van der Waals surface area (Å²) in [4.78, 5) is 11.9. The third-order valence-electron chi connectivity index (χ3n) is 3.62. The molecule has 1 heterocycles. The first kappa shape index (κ1) is 16.3. The zero-order valence-corrected chi connectivity index (χ0v) is 13.6. The van der Waals surface area contributed by atoms with Gasteiger partial charge in [-0.1, -0.05) is 28.1 Å². The molecule has 0 radical (unpaired) electrons. The van der Waals surface area contributed by atoms with Gasteiger partial charge in [-0.25, -0.2) is 4.79 Å². The molecule has 2 rings (SSSR count). The number of hydrogen-bond acceptors (Lipinski definition) is 3. The smallest absolute Gasteiger partial charge is 0.315 e. The lowest BCUT2D eigenvalue weighted by Gasteiger charge is -2.26. The van der Waals surface area contributed by atoms with E-state index in [0.29, 0.717) is 13.2 Å². The topological polar surface area (TPSA) is 70.6 Å². The number of hydrogen-bond donors (Lipinski definition) is 3. The largest absolute Gasteiger partial charge is 0.384 e. The monoisotopic (exact) mass is 356 g/mol. The van der Waals surface area contributed by atoms with Gasteiger partial charge in [0.1, 0.15) is 5.60 Å². The van der Waals surface area contributed by atoms with Crippen molar-refractivity contribution in [3.05, 3.63) is 34.3 Å². The van der Waals surface area contributed by atoms with Crippen LogP contribution in [0.1, 0.15) is 25.3 Å². The molecule has 2 amide bonds. The van der Waals surface area contributed by atoms with Crippen LogP contribution in [-0.2, 0) is 10.3 Å². The Hall–Kier alpha value is -1.11. The maximum Gasteiger partial charge on any atom is 0.315 e. The number of carbonyl (C=O) groups excluding carboxylic acids is 1. The molecule has 1 atom stereocenters. The Morgan fingerprint density at radius 3 is 2.62 bits per heavy atom. The molecule has 0 aromatic heterocycles. The predicted molar refractivity (Wildman–Crippen MR) is 84.1 cm³/mol. The molecule has 1 fully saturated rings. The Balaban J connectivity index is 1.82. The number of urea groups is 1. The molecule has 0 bridgehead atoms. The van der Waals surface area contributed by atoms with Gasteiger partial charge in [-0.3, -0.25) is 0 Å². The van der Waals surface area contributed by atoms with Crippen molar-refractivity contribution in [1.82, 2.24) is 10.6 Å². The van der Waals surface area contributed by atoms with Crippen LogP contribution >= 0.6 is 15.9 Å². The highest BCUT2D eigenvalue weighted by atomic mass is 79.9. The minimum Gasteiger partial charge on any atom is -0.384 e.